The number of rotatable bonds is 8. The third-order valence-electron chi connectivity index (χ3n) is 3.34. The normalized spacial score (nSPS) is 20.6. The van der Waals surface area contributed by atoms with Crippen LogP contribution >= 0.6 is 0 Å². The highest BCUT2D eigenvalue weighted by molar-refractivity contribution is 4.68. The van der Waals surface area contributed by atoms with Crippen LogP contribution in [0.25, 0.3) is 0 Å². The van der Waals surface area contributed by atoms with Crippen LogP contribution in [0.15, 0.2) is 0 Å². The first kappa shape index (κ1) is 13.5. The summed E-state index contributed by atoms with van der Waals surface area (Å²) >= 11 is 0. The van der Waals surface area contributed by atoms with Gasteiger partial charge in [0, 0.05) is 13.0 Å². The lowest BCUT2D eigenvalue weighted by molar-refractivity contribution is 0.00977. The van der Waals surface area contributed by atoms with E-state index in [2.05, 4.69) is 6.07 Å². The van der Waals surface area contributed by atoms with Crippen molar-refractivity contribution in [1.82, 2.24) is 0 Å². The molecule has 0 spiro atoms. The van der Waals surface area contributed by atoms with E-state index in [-0.39, 0.29) is 0 Å². The van der Waals surface area contributed by atoms with Crippen molar-refractivity contribution in [2.75, 3.05) is 6.61 Å². The predicted molar refractivity (Wildman–Crippen MR) is 66.1 cm³/mol. The van der Waals surface area contributed by atoms with Gasteiger partial charge in [0.2, 0.25) is 0 Å². The third kappa shape index (κ3) is 6.85. The molecule has 1 rings (SSSR count). The average Bonchev–Trinajstić information content (AvgIpc) is 2.34. The SMILES string of the molecule is N#CCCCCCCCCC1CCCCO1. The molecular formula is C14H25NO. The number of ether oxygens (including phenoxy) is 1. The van der Waals surface area contributed by atoms with Gasteiger partial charge in [-0.2, -0.15) is 5.26 Å². The Hall–Kier alpha value is -0.550. The summed E-state index contributed by atoms with van der Waals surface area (Å²) in [4.78, 5) is 0. The molecule has 0 aliphatic carbocycles. The molecule has 0 aromatic heterocycles. The van der Waals surface area contributed by atoms with Crippen molar-refractivity contribution in [1.29, 1.82) is 5.26 Å². The maximum atomic E-state index is 8.39. The van der Waals surface area contributed by atoms with Crippen molar-refractivity contribution in [3.8, 4) is 6.07 Å². The molecule has 2 nitrogen and oxygen atoms in total. The summed E-state index contributed by atoms with van der Waals surface area (Å²) in [7, 11) is 0. The molecule has 1 aliphatic rings. The van der Waals surface area contributed by atoms with Gasteiger partial charge in [-0.3, -0.25) is 0 Å². The Kier molecular flexibility index (Phi) is 8.16. The number of nitrogens with zero attached hydrogens (tertiary/aromatic N) is 1. The highest BCUT2D eigenvalue weighted by atomic mass is 16.5. The molecule has 0 aromatic carbocycles. The summed E-state index contributed by atoms with van der Waals surface area (Å²) in [6.07, 6.45) is 14.1. The largest absolute Gasteiger partial charge is 0.378 e. The molecule has 0 aromatic rings. The summed E-state index contributed by atoms with van der Waals surface area (Å²) in [6.45, 7) is 0.985. The van der Waals surface area contributed by atoms with Crippen molar-refractivity contribution >= 4 is 0 Å². The van der Waals surface area contributed by atoms with Crippen molar-refractivity contribution in [2.45, 2.75) is 76.7 Å². The van der Waals surface area contributed by atoms with Gasteiger partial charge in [-0.25, -0.2) is 0 Å². The first-order valence-electron chi connectivity index (χ1n) is 6.92. The summed E-state index contributed by atoms with van der Waals surface area (Å²) in [5.41, 5.74) is 0. The molecule has 0 N–H and O–H groups in total. The fourth-order valence-electron chi connectivity index (χ4n) is 2.32. The zero-order valence-corrected chi connectivity index (χ0v) is 10.4. The molecule has 2 heteroatoms. The minimum absolute atomic E-state index is 0.562. The Morgan fingerprint density at radius 3 is 2.44 bits per heavy atom. The summed E-state index contributed by atoms with van der Waals surface area (Å²) in [6, 6.07) is 2.20. The second-order valence-corrected chi connectivity index (χ2v) is 4.81. The van der Waals surface area contributed by atoms with E-state index in [4.69, 9.17) is 10.00 Å². The zero-order valence-electron chi connectivity index (χ0n) is 10.4. The van der Waals surface area contributed by atoms with Crippen LogP contribution in [0, 0.1) is 11.3 Å². The topological polar surface area (TPSA) is 33.0 Å². The van der Waals surface area contributed by atoms with Crippen LogP contribution in [0.4, 0.5) is 0 Å². The van der Waals surface area contributed by atoms with Gasteiger partial charge in [0.1, 0.15) is 0 Å². The summed E-state index contributed by atoms with van der Waals surface area (Å²) in [5, 5.41) is 8.39. The highest BCUT2D eigenvalue weighted by Gasteiger charge is 2.12. The van der Waals surface area contributed by atoms with Crippen molar-refractivity contribution in [3.05, 3.63) is 0 Å². The second kappa shape index (κ2) is 9.66. The van der Waals surface area contributed by atoms with Crippen LogP contribution in [0.2, 0.25) is 0 Å². The molecule has 0 saturated carbocycles. The number of unbranched alkanes of at least 4 members (excludes halogenated alkanes) is 6. The molecule has 0 amide bonds. The Morgan fingerprint density at radius 1 is 1.00 bits per heavy atom. The lowest BCUT2D eigenvalue weighted by Gasteiger charge is -2.22. The van der Waals surface area contributed by atoms with Crippen molar-refractivity contribution < 1.29 is 4.74 Å². The van der Waals surface area contributed by atoms with E-state index < -0.39 is 0 Å². The van der Waals surface area contributed by atoms with E-state index in [0.29, 0.717) is 6.10 Å². The summed E-state index contributed by atoms with van der Waals surface area (Å²) < 4.78 is 5.70. The molecule has 92 valence electrons. The van der Waals surface area contributed by atoms with Crippen LogP contribution in [0.3, 0.4) is 0 Å². The van der Waals surface area contributed by atoms with E-state index in [1.54, 1.807) is 0 Å². The van der Waals surface area contributed by atoms with E-state index in [1.807, 2.05) is 0 Å². The van der Waals surface area contributed by atoms with Gasteiger partial charge >= 0.3 is 0 Å². The molecule has 0 radical (unpaired) electrons. The molecule has 1 fully saturated rings. The molecule has 1 atom stereocenters. The second-order valence-electron chi connectivity index (χ2n) is 4.81. The maximum absolute atomic E-state index is 8.39. The van der Waals surface area contributed by atoms with Gasteiger partial charge in [0.25, 0.3) is 0 Å². The van der Waals surface area contributed by atoms with Crippen LogP contribution in [0.1, 0.15) is 70.6 Å². The molecule has 0 bridgehead atoms. The first-order chi connectivity index (χ1) is 7.93. The quantitative estimate of drug-likeness (QED) is 0.578. The van der Waals surface area contributed by atoms with E-state index in [1.165, 1.54) is 57.8 Å². The van der Waals surface area contributed by atoms with Gasteiger partial charge in [0.05, 0.1) is 12.2 Å². The fourth-order valence-corrected chi connectivity index (χ4v) is 2.32. The minimum Gasteiger partial charge on any atom is -0.378 e. The van der Waals surface area contributed by atoms with Gasteiger partial charge in [-0.15, -0.1) is 0 Å². The van der Waals surface area contributed by atoms with E-state index in [0.717, 1.165) is 19.4 Å². The molecule has 1 heterocycles. The average molecular weight is 223 g/mol. The van der Waals surface area contributed by atoms with Gasteiger partial charge in [-0.05, 0) is 32.1 Å². The smallest absolute Gasteiger partial charge is 0.0621 e. The van der Waals surface area contributed by atoms with Crippen LogP contribution in [-0.2, 0) is 4.74 Å². The van der Waals surface area contributed by atoms with E-state index in [9.17, 15) is 0 Å². The van der Waals surface area contributed by atoms with Gasteiger partial charge in [-0.1, -0.05) is 32.1 Å². The molecule has 1 aliphatic heterocycles. The number of hydrogen-bond acceptors (Lipinski definition) is 2. The standard InChI is InChI=1S/C14H25NO/c15-12-8-5-3-1-2-4-6-10-14-11-7-9-13-16-14/h14H,1-11,13H2. The minimum atomic E-state index is 0.562. The predicted octanol–water partition coefficient (Wildman–Crippen LogP) is 4.20. The zero-order chi connectivity index (χ0) is 11.5. The number of hydrogen-bond donors (Lipinski definition) is 0. The maximum Gasteiger partial charge on any atom is 0.0621 e. The van der Waals surface area contributed by atoms with Crippen LogP contribution < -0.4 is 0 Å². The Bertz CT molecular complexity index is 191. The first-order valence-corrected chi connectivity index (χ1v) is 6.92. The highest BCUT2D eigenvalue weighted by Crippen LogP contribution is 2.18. The van der Waals surface area contributed by atoms with Crippen molar-refractivity contribution in [2.24, 2.45) is 0 Å². The monoisotopic (exact) mass is 223 g/mol. The third-order valence-corrected chi connectivity index (χ3v) is 3.34. The molecule has 1 saturated heterocycles. The van der Waals surface area contributed by atoms with Crippen LogP contribution in [-0.4, -0.2) is 12.7 Å². The number of nitriles is 1. The fraction of sp³-hybridized carbons (Fsp3) is 0.929. The van der Waals surface area contributed by atoms with Crippen molar-refractivity contribution in [3.63, 3.8) is 0 Å². The Morgan fingerprint density at radius 2 is 1.75 bits per heavy atom. The van der Waals surface area contributed by atoms with Gasteiger partial charge < -0.3 is 4.74 Å². The molecule has 16 heavy (non-hydrogen) atoms. The Balaban J connectivity index is 1.79. The summed E-state index contributed by atoms with van der Waals surface area (Å²) in [5.74, 6) is 0. The van der Waals surface area contributed by atoms with Crippen LogP contribution in [0.5, 0.6) is 0 Å². The van der Waals surface area contributed by atoms with E-state index >= 15 is 0 Å². The lowest BCUT2D eigenvalue weighted by Crippen LogP contribution is -2.18. The molecular weight excluding hydrogens is 198 g/mol. The Labute approximate surface area is 100.0 Å². The van der Waals surface area contributed by atoms with Gasteiger partial charge in [0.15, 0.2) is 0 Å². The molecule has 1 unspecified atom stereocenters. The lowest BCUT2D eigenvalue weighted by atomic mass is 10.0.